The van der Waals surface area contributed by atoms with Crippen LogP contribution in [0.2, 0.25) is 0 Å². The molecule has 1 N–H and O–H groups in total. The van der Waals surface area contributed by atoms with Gasteiger partial charge in [-0.1, -0.05) is 17.7 Å². The van der Waals surface area contributed by atoms with Crippen molar-refractivity contribution in [3.8, 4) is 0 Å². The zero-order valence-electron chi connectivity index (χ0n) is 17.8. The zero-order chi connectivity index (χ0) is 22.1. The molecular weight excluding hydrogens is 404 g/mol. The molecule has 0 spiro atoms. The van der Waals surface area contributed by atoms with Gasteiger partial charge in [0.05, 0.1) is 24.2 Å². The zero-order valence-corrected chi connectivity index (χ0v) is 18.6. The maximum absolute atomic E-state index is 13.1. The average Bonchev–Trinajstić information content (AvgIpc) is 3.25. The number of carbonyl (C=O) groups excluding carboxylic acids is 1. The fourth-order valence-corrected chi connectivity index (χ4v) is 4.85. The first-order valence-corrected chi connectivity index (χ1v) is 10.9. The largest absolute Gasteiger partial charge is 0.468 e. The van der Waals surface area contributed by atoms with Gasteiger partial charge < -0.3 is 9.73 Å². The second-order valence-corrected chi connectivity index (χ2v) is 9.35. The van der Waals surface area contributed by atoms with E-state index < -0.39 is 10.0 Å². The van der Waals surface area contributed by atoms with Crippen LogP contribution in [0, 0.1) is 27.7 Å². The fourth-order valence-electron chi connectivity index (χ4n) is 3.35. The summed E-state index contributed by atoms with van der Waals surface area (Å²) in [5.74, 6) is 0.261. The monoisotopic (exact) mass is 430 g/mol. The highest BCUT2D eigenvalue weighted by atomic mass is 32.2. The quantitative estimate of drug-likeness (QED) is 0.621. The summed E-state index contributed by atoms with van der Waals surface area (Å²) in [5.41, 5.74) is 3.54. The maximum Gasteiger partial charge on any atom is 0.246 e. The van der Waals surface area contributed by atoms with Crippen LogP contribution < -0.4 is 5.32 Å². The molecule has 0 atom stereocenters. The summed E-state index contributed by atoms with van der Waals surface area (Å²) in [6.45, 7) is 7.20. The number of nitrogens with zero attached hydrogens (tertiary/aromatic N) is 3. The van der Waals surface area contributed by atoms with Crippen LogP contribution in [-0.4, -0.2) is 35.5 Å². The summed E-state index contributed by atoms with van der Waals surface area (Å²) < 4.78 is 34.1. The van der Waals surface area contributed by atoms with Crippen LogP contribution in [0.15, 0.2) is 45.9 Å². The predicted molar refractivity (Wildman–Crippen MR) is 114 cm³/mol. The molecule has 3 aromatic rings. The highest BCUT2D eigenvalue weighted by Gasteiger charge is 2.29. The molecule has 3 rings (SSSR count). The van der Waals surface area contributed by atoms with Gasteiger partial charge in [0.2, 0.25) is 15.9 Å². The number of aryl methyl sites for hydroxylation is 3. The Morgan fingerprint density at radius 3 is 2.57 bits per heavy atom. The molecule has 160 valence electrons. The van der Waals surface area contributed by atoms with Crippen molar-refractivity contribution in [2.45, 2.75) is 45.7 Å². The van der Waals surface area contributed by atoms with Crippen LogP contribution in [0.25, 0.3) is 0 Å². The van der Waals surface area contributed by atoms with Gasteiger partial charge in [0.15, 0.2) is 0 Å². The molecule has 0 aliphatic rings. The van der Waals surface area contributed by atoms with Crippen molar-refractivity contribution in [1.82, 2.24) is 14.1 Å². The Hall–Kier alpha value is -2.91. The van der Waals surface area contributed by atoms with E-state index in [2.05, 4.69) is 10.4 Å². The van der Waals surface area contributed by atoms with E-state index in [1.165, 1.54) is 22.3 Å². The highest BCUT2D eigenvalue weighted by molar-refractivity contribution is 7.89. The molecule has 9 heteroatoms. The molecule has 0 radical (unpaired) electrons. The van der Waals surface area contributed by atoms with Gasteiger partial charge in [-0.3, -0.25) is 9.48 Å². The van der Waals surface area contributed by atoms with Crippen LogP contribution in [-0.2, 0) is 27.9 Å². The molecule has 0 aliphatic heterocycles. The van der Waals surface area contributed by atoms with Crippen molar-refractivity contribution < 1.29 is 17.6 Å². The number of rotatable bonds is 7. The van der Waals surface area contributed by atoms with E-state index in [0.717, 1.165) is 16.8 Å². The summed E-state index contributed by atoms with van der Waals surface area (Å²) >= 11 is 0. The third kappa shape index (κ3) is 4.47. The summed E-state index contributed by atoms with van der Waals surface area (Å²) in [6.07, 6.45) is 1.50. The van der Waals surface area contributed by atoms with Gasteiger partial charge in [-0.2, -0.15) is 9.40 Å². The van der Waals surface area contributed by atoms with E-state index in [-0.39, 0.29) is 23.9 Å². The predicted octanol–water partition coefficient (Wildman–Crippen LogP) is 3.17. The van der Waals surface area contributed by atoms with Crippen molar-refractivity contribution in [3.05, 3.63) is 64.9 Å². The molecule has 0 aliphatic carbocycles. The second-order valence-electron chi connectivity index (χ2n) is 7.36. The molecule has 0 saturated heterocycles. The second kappa shape index (κ2) is 8.45. The Morgan fingerprint density at radius 1 is 1.20 bits per heavy atom. The molecular formula is C21H26N4O4S. The van der Waals surface area contributed by atoms with Crippen molar-refractivity contribution in [2.75, 3.05) is 12.4 Å². The van der Waals surface area contributed by atoms with Crippen molar-refractivity contribution in [1.29, 1.82) is 0 Å². The van der Waals surface area contributed by atoms with Gasteiger partial charge in [-0.15, -0.1) is 0 Å². The van der Waals surface area contributed by atoms with E-state index in [1.54, 1.807) is 26.0 Å². The van der Waals surface area contributed by atoms with Crippen LogP contribution in [0.1, 0.15) is 28.3 Å². The van der Waals surface area contributed by atoms with Gasteiger partial charge in [0.1, 0.15) is 17.2 Å². The van der Waals surface area contributed by atoms with Crippen LogP contribution >= 0.6 is 0 Å². The Balaban J connectivity index is 1.80. The third-order valence-corrected chi connectivity index (χ3v) is 6.95. The number of benzene rings is 1. The van der Waals surface area contributed by atoms with Crippen molar-refractivity contribution in [2.24, 2.45) is 0 Å². The summed E-state index contributed by atoms with van der Waals surface area (Å²) in [5, 5.41) is 7.16. The van der Waals surface area contributed by atoms with Crippen LogP contribution in [0.5, 0.6) is 0 Å². The van der Waals surface area contributed by atoms with E-state index in [9.17, 15) is 13.2 Å². The number of anilines is 1. The van der Waals surface area contributed by atoms with Gasteiger partial charge in [0, 0.05) is 12.7 Å². The Kier molecular flexibility index (Phi) is 6.14. The number of nitrogens with one attached hydrogen (secondary N) is 1. The van der Waals surface area contributed by atoms with Crippen LogP contribution in [0.3, 0.4) is 0 Å². The minimum atomic E-state index is -3.80. The average molecular weight is 431 g/mol. The first-order chi connectivity index (χ1) is 14.1. The lowest BCUT2D eigenvalue weighted by Crippen LogP contribution is -2.27. The molecule has 8 nitrogen and oxygen atoms in total. The summed E-state index contributed by atoms with van der Waals surface area (Å²) in [6, 6.07) is 9.18. The van der Waals surface area contributed by atoms with Crippen LogP contribution in [0.4, 0.5) is 5.69 Å². The first-order valence-electron chi connectivity index (χ1n) is 9.49. The SMILES string of the molecule is Cc1ccc(NC(=O)Cn2nc(C)c(S(=O)(=O)N(C)Cc3ccco3)c2C)c(C)c1. The highest BCUT2D eigenvalue weighted by Crippen LogP contribution is 2.24. The number of sulfonamides is 1. The van der Waals surface area contributed by atoms with E-state index in [1.807, 2.05) is 32.0 Å². The first kappa shape index (κ1) is 21.8. The van der Waals surface area contributed by atoms with Gasteiger partial charge in [-0.25, -0.2) is 8.42 Å². The number of furan rings is 1. The lowest BCUT2D eigenvalue weighted by atomic mass is 10.1. The number of aromatic nitrogens is 2. The van der Waals surface area contributed by atoms with Crippen molar-refractivity contribution in [3.63, 3.8) is 0 Å². The Bertz CT molecular complexity index is 1160. The van der Waals surface area contributed by atoms with Gasteiger partial charge in [-0.05, 0) is 51.5 Å². The lowest BCUT2D eigenvalue weighted by molar-refractivity contribution is -0.116. The molecule has 30 heavy (non-hydrogen) atoms. The van der Waals surface area contributed by atoms with E-state index >= 15 is 0 Å². The standard InChI is InChI=1S/C21H26N4O4S/c1-14-8-9-19(15(2)11-14)22-20(26)13-25-17(4)21(16(3)23-25)30(27,28)24(5)12-18-7-6-10-29-18/h6-11H,12-13H2,1-5H3,(H,22,26). The number of carbonyl (C=O) groups is 1. The van der Waals surface area contributed by atoms with Crippen molar-refractivity contribution >= 4 is 21.6 Å². The smallest absolute Gasteiger partial charge is 0.246 e. The van der Waals surface area contributed by atoms with Gasteiger partial charge >= 0.3 is 0 Å². The van der Waals surface area contributed by atoms with E-state index in [0.29, 0.717) is 17.1 Å². The third-order valence-electron chi connectivity index (χ3n) is 4.89. The molecule has 0 saturated carbocycles. The normalized spacial score (nSPS) is 11.8. The number of hydrogen-bond acceptors (Lipinski definition) is 5. The number of amides is 1. The molecule has 2 heterocycles. The maximum atomic E-state index is 13.1. The minimum Gasteiger partial charge on any atom is -0.468 e. The Morgan fingerprint density at radius 2 is 1.93 bits per heavy atom. The van der Waals surface area contributed by atoms with Gasteiger partial charge in [0.25, 0.3) is 0 Å². The lowest BCUT2D eigenvalue weighted by Gasteiger charge is -2.16. The fraction of sp³-hybridized carbons (Fsp3) is 0.333. The summed E-state index contributed by atoms with van der Waals surface area (Å²) in [4.78, 5) is 12.7. The molecule has 1 amide bonds. The molecule has 0 bridgehead atoms. The van der Waals surface area contributed by atoms with E-state index in [4.69, 9.17) is 4.42 Å². The Labute approximate surface area is 176 Å². The molecule has 0 unspecified atom stereocenters. The molecule has 0 fully saturated rings. The molecule has 2 aromatic heterocycles. The number of hydrogen-bond donors (Lipinski definition) is 1. The summed E-state index contributed by atoms with van der Waals surface area (Å²) in [7, 11) is -2.32. The topological polar surface area (TPSA) is 97.4 Å². The minimum absolute atomic E-state index is 0.0859. The molecule has 1 aromatic carbocycles.